The Bertz CT molecular complexity index is 1730. The van der Waals surface area contributed by atoms with Crippen LogP contribution < -0.4 is 4.90 Å². The maximum Gasteiger partial charge on any atom is 0.262 e. The van der Waals surface area contributed by atoms with Gasteiger partial charge in [0.1, 0.15) is 11.5 Å². The fraction of sp³-hybridized carbons (Fsp3) is 0.182. The summed E-state index contributed by atoms with van der Waals surface area (Å²) >= 11 is 7.73. The maximum absolute atomic E-state index is 13.6. The lowest BCUT2D eigenvalue weighted by atomic mass is 10.0. The van der Waals surface area contributed by atoms with Crippen LogP contribution in [-0.2, 0) is 16.3 Å². The SMILES string of the molecule is O=C(c1cc(Cl)c(O)cc1O)N(CC1=CCC=C1)c1ccc(-c2ccc(S(=O)(=O)CCCCc3cccs3)cc2)cc1. The van der Waals surface area contributed by atoms with Crippen molar-refractivity contribution in [2.24, 2.45) is 0 Å². The number of sulfone groups is 1. The van der Waals surface area contributed by atoms with Crippen molar-refractivity contribution in [3.8, 4) is 22.6 Å². The standard InChI is InChI=1S/C33H30ClNO5S2/c34-30-20-29(31(36)21-32(30)37)33(38)35(22-23-6-1-2-7-23)26-14-10-24(11-15-26)25-12-16-28(17-13-25)42(39,40)19-4-3-8-27-9-5-18-41-27/h1,5-7,9-18,20-21,36-37H,2-4,8,19,22H2. The van der Waals surface area contributed by atoms with Crippen LogP contribution in [0.25, 0.3) is 11.1 Å². The molecular weight excluding hydrogens is 590 g/mol. The highest BCUT2D eigenvalue weighted by Crippen LogP contribution is 2.34. The first-order valence-electron chi connectivity index (χ1n) is 13.6. The highest BCUT2D eigenvalue weighted by molar-refractivity contribution is 7.91. The third-order valence-corrected chi connectivity index (χ3v) is 10.2. The highest BCUT2D eigenvalue weighted by atomic mass is 35.5. The third-order valence-electron chi connectivity index (χ3n) is 7.12. The largest absolute Gasteiger partial charge is 0.507 e. The molecule has 0 saturated heterocycles. The van der Waals surface area contributed by atoms with Gasteiger partial charge in [0.25, 0.3) is 5.91 Å². The van der Waals surface area contributed by atoms with Crippen LogP contribution in [0.2, 0.25) is 5.02 Å². The van der Waals surface area contributed by atoms with Gasteiger partial charge in [-0.2, -0.15) is 0 Å². The monoisotopic (exact) mass is 619 g/mol. The number of aromatic hydroxyl groups is 2. The summed E-state index contributed by atoms with van der Waals surface area (Å²) in [7, 11) is -3.37. The van der Waals surface area contributed by atoms with E-state index in [4.69, 9.17) is 11.6 Å². The normalized spacial score (nSPS) is 12.8. The first-order valence-corrected chi connectivity index (χ1v) is 16.5. The Balaban J connectivity index is 1.31. The number of unbranched alkanes of at least 4 members (excludes halogenated alkanes) is 1. The van der Waals surface area contributed by atoms with E-state index in [1.807, 2.05) is 53.9 Å². The van der Waals surface area contributed by atoms with Gasteiger partial charge in [-0.1, -0.05) is 60.2 Å². The topological polar surface area (TPSA) is 94.9 Å². The van der Waals surface area contributed by atoms with Gasteiger partial charge in [0, 0.05) is 16.6 Å². The second-order valence-corrected chi connectivity index (χ2v) is 13.6. The molecule has 0 spiro atoms. The van der Waals surface area contributed by atoms with Crippen LogP contribution in [0.15, 0.2) is 107 Å². The number of phenols is 2. The van der Waals surface area contributed by atoms with Gasteiger partial charge in [-0.05, 0) is 84.2 Å². The van der Waals surface area contributed by atoms with Crippen LogP contribution in [-0.4, -0.2) is 36.8 Å². The molecule has 0 atom stereocenters. The van der Waals surface area contributed by atoms with E-state index >= 15 is 0 Å². The Morgan fingerprint density at radius 2 is 1.64 bits per heavy atom. The van der Waals surface area contributed by atoms with Crippen LogP contribution in [0.4, 0.5) is 5.69 Å². The maximum atomic E-state index is 13.6. The summed E-state index contributed by atoms with van der Waals surface area (Å²) in [5.41, 5.74) is 3.25. The number of benzene rings is 3. The van der Waals surface area contributed by atoms with Crippen LogP contribution in [0.5, 0.6) is 11.5 Å². The van der Waals surface area contributed by atoms with E-state index in [-0.39, 0.29) is 34.4 Å². The van der Waals surface area contributed by atoms with E-state index in [2.05, 4.69) is 6.07 Å². The van der Waals surface area contributed by atoms with Crippen LogP contribution in [0.3, 0.4) is 0 Å². The molecule has 216 valence electrons. The van der Waals surface area contributed by atoms with Crippen molar-refractivity contribution < 1.29 is 23.4 Å². The molecule has 1 aromatic heterocycles. The lowest BCUT2D eigenvalue weighted by molar-refractivity contribution is 0.0986. The zero-order chi connectivity index (χ0) is 29.7. The number of phenolic OH excluding ortho intramolecular Hbond substituents is 2. The summed E-state index contributed by atoms with van der Waals surface area (Å²) in [5.74, 6) is -1.02. The van der Waals surface area contributed by atoms with Gasteiger partial charge in [0.2, 0.25) is 0 Å². The van der Waals surface area contributed by atoms with E-state index in [0.29, 0.717) is 17.0 Å². The average Bonchev–Trinajstić information content (AvgIpc) is 3.71. The van der Waals surface area contributed by atoms with Crippen molar-refractivity contribution in [2.45, 2.75) is 30.6 Å². The molecule has 1 heterocycles. The minimum Gasteiger partial charge on any atom is -0.507 e. The summed E-state index contributed by atoms with van der Waals surface area (Å²) < 4.78 is 25.7. The molecule has 0 unspecified atom stereocenters. The van der Waals surface area contributed by atoms with Crippen molar-refractivity contribution in [3.63, 3.8) is 0 Å². The fourth-order valence-corrected chi connectivity index (χ4v) is 7.09. The molecule has 0 bridgehead atoms. The number of anilines is 1. The molecule has 5 rings (SSSR count). The second kappa shape index (κ2) is 13.0. The lowest BCUT2D eigenvalue weighted by Gasteiger charge is -2.24. The number of nitrogens with zero attached hydrogens (tertiary/aromatic N) is 1. The molecule has 1 aliphatic carbocycles. The quantitative estimate of drug-likeness (QED) is 0.167. The van der Waals surface area contributed by atoms with E-state index in [0.717, 1.165) is 42.0 Å². The highest BCUT2D eigenvalue weighted by Gasteiger charge is 2.23. The third kappa shape index (κ3) is 6.95. The van der Waals surface area contributed by atoms with Crippen LogP contribution >= 0.6 is 22.9 Å². The summed E-state index contributed by atoms with van der Waals surface area (Å²) in [6.45, 7) is 0.284. The zero-order valence-electron chi connectivity index (χ0n) is 22.7. The number of thiophene rings is 1. The van der Waals surface area contributed by atoms with E-state index in [9.17, 15) is 23.4 Å². The number of rotatable bonds is 11. The zero-order valence-corrected chi connectivity index (χ0v) is 25.1. The predicted octanol–water partition coefficient (Wildman–Crippen LogP) is 7.81. The Kier molecular flexibility index (Phi) is 9.16. The molecule has 3 aromatic carbocycles. The number of carbonyl (C=O) groups is 1. The van der Waals surface area contributed by atoms with Gasteiger partial charge in [-0.25, -0.2) is 8.42 Å². The van der Waals surface area contributed by atoms with Gasteiger partial charge in [-0.15, -0.1) is 11.3 Å². The van der Waals surface area contributed by atoms with Crippen LogP contribution in [0, 0.1) is 0 Å². The van der Waals surface area contributed by atoms with Crippen molar-refractivity contribution in [2.75, 3.05) is 17.2 Å². The van der Waals surface area contributed by atoms with Crippen molar-refractivity contribution in [3.05, 3.63) is 117 Å². The number of carbonyl (C=O) groups excluding carboxylic acids is 1. The van der Waals surface area contributed by atoms with Gasteiger partial charge >= 0.3 is 0 Å². The number of amides is 1. The first kappa shape index (κ1) is 29.6. The molecule has 6 nitrogen and oxygen atoms in total. The summed E-state index contributed by atoms with van der Waals surface area (Å²) in [6, 6.07) is 20.6. The molecule has 1 aliphatic rings. The number of halogens is 1. The molecule has 0 radical (unpaired) electrons. The summed E-state index contributed by atoms with van der Waals surface area (Å²) in [5, 5.41) is 22.2. The van der Waals surface area contributed by atoms with Gasteiger partial charge in [0.05, 0.1) is 27.8 Å². The molecule has 0 aliphatic heterocycles. The lowest BCUT2D eigenvalue weighted by Crippen LogP contribution is -2.32. The molecule has 0 saturated carbocycles. The first-order chi connectivity index (χ1) is 20.2. The summed E-state index contributed by atoms with van der Waals surface area (Å²) in [4.78, 5) is 16.7. The average molecular weight is 620 g/mol. The van der Waals surface area contributed by atoms with E-state index in [1.54, 1.807) is 40.5 Å². The van der Waals surface area contributed by atoms with Crippen molar-refractivity contribution in [1.82, 2.24) is 0 Å². The number of hydrogen-bond acceptors (Lipinski definition) is 6. The Labute approximate surface area is 254 Å². The molecule has 1 amide bonds. The Hall–Kier alpha value is -3.85. The molecular formula is C33H30ClNO5S2. The molecule has 2 N–H and O–H groups in total. The van der Waals surface area contributed by atoms with Gasteiger partial charge in [0.15, 0.2) is 9.84 Å². The minimum absolute atomic E-state index is 0.0206. The molecule has 42 heavy (non-hydrogen) atoms. The fourth-order valence-electron chi connectivity index (χ4n) is 4.81. The summed E-state index contributed by atoms with van der Waals surface area (Å²) in [6.07, 6.45) is 9.10. The number of aryl methyl sites for hydroxylation is 1. The Morgan fingerprint density at radius 1 is 0.929 bits per heavy atom. The van der Waals surface area contributed by atoms with Gasteiger partial charge < -0.3 is 15.1 Å². The number of allylic oxidation sites excluding steroid dienone is 2. The molecule has 9 heteroatoms. The minimum atomic E-state index is -3.37. The van der Waals surface area contributed by atoms with Gasteiger partial charge in [-0.3, -0.25) is 4.79 Å². The van der Waals surface area contributed by atoms with E-state index < -0.39 is 15.7 Å². The van der Waals surface area contributed by atoms with Crippen molar-refractivity contribution >= 4 is 44.4 Å². The smallest absolute Gasteiger partial charge is 0.262 e. The second-order valence-electron chi connectivity index (χ2n) is 10.1. The molecule has 0 fully saturated rings. The number of hydrogen-bond donors (Lipinski definition) is 2. The predicted molar refractivity (Wildman–Crippen MR) is 169 cm³/mol. The Morgan fingerprint density at radius 3 is 2.29 bits per heavy atom. The van der Waals surface area contributed by atoms with Crippen molar-refractivity contribution in [1.29, 1.82) is 0 Å². The van der Waals surface area contributed by atoms with E-state index in [1.165, 1.54) is 10.9 Å². The molecule has 4 aromatic rings. The van der Waals surface area contributed by atoms with Crippen LogP contribution in [0.1, 0.15) is 34.5 Å².